The van der Waals surface area contributed by atoms with Crippen LogP contribution in [0.15, 0.2) is 53.5 Å². The number of aliphatic imine (C=N–C) groups is 1. The van der Waals surface area contributed by atoms with Gasteiger partial charge in [-0.25, -0.2) is 4.79 Å². The number of nitrogens with one attached hydrogen (secondary N) is 1. The van der Waals surface area contributed by atoms with Crippen LogP contribution < -0.4 is 14.8 Å². The molecule has 0 aromatic heterocycles. The number of benzene rings is 3. The summed E-state index contributed by atoms with van der Waals surface area (Å²) in [7, 11) is 0. The first-order valence-electron chi connectivity index (χ1n) is 12.9. The quantitative estimate of drug-likeness (QED) is 0.344. The highest BCUT2D eigenvalue weighted by Gasteiger charge is 2.40. The Balaban J connectivity index is 1.62. The van der Waals surface area contributed by atoms with Crippen LogP contribution in [-0.2, 0) is 19.4 Å². The van der Waals surface area contributed by atoms with Gasteiger partial charge in [-0.1, -0.05) is 29.8 Å². The molecule has 38 heavy (non-hydrogen) atoms. The van der Waals surface area contributed by atoms with E-state index in [1.165, 1.54) is 5.56 Å². The molecule has 0 aliphatic carbocycles. The predicted molar refractivity (Wildman–Crippen MR) is 152 cm³/mol. The van der Waals surface area contributed by atoms with Crippen molar-refractivity contribution in [3.8, 4) is 11.5 Å². The summed E-state index contributed by atoms with van der Waals surface area (Å²) in [5.74, 6) is 0.562. The van der Waals surface area contributed by atoms with Gasteiger partial charge in [0.15, 0.2) is 11.5 Å². The minimum atomic E-state index is -0.992. The number of anilines is 1. The maximum atomic E-state index is 12.1. The molecule has 3 aromatic rings. The third kappa shape index (κ3) is 5.10. The molecular formula is C31H33ClN2O4. The average Bonchev–Trinajstić information content (AvgIpc) is 3.16. The lowest BCUT2D eigenvalue weighted by Gasteiger charge is -2.31. The Morgan fingerprint density at radius 2 is 1.92 bits per heavy atom. The van der Waals surface area contributed by atoms with Crippen LogP contribution in [0.4, 0.5) is 5.69 Å². The van der Waals surface area contributed by atoms with E-state index >= 15 is 0 Å². The van der Waals surface area contributed by atoms with Crippen molar-refractivity contribution >= 4 is 29.0 Å². The number of aromatic carboxylic acids is 1. The van der Waals surface area contributed by atoms with E-state index in [1.807, 2.05) is 43.3 Å². The minimum Gasteiger partial charge on any atom is -0.490 e. The van der Waals surface area contributed by atoms with Gasteiger partial charge in [0, 0.05) is 40.4 Å². The zero-order valence-electron chi connectivity index (χ0n) is 22.4. The molecule has 0 fully saturated rings. The molecule has 0 bridgehead atoms. The van der Waals surface area contributed by atoms with Gasteiger partial charge < -0.3 is 19.9 Å². The summed E-state index contributed by atoms with van der Waals surface area (Å²) in [6.45, 7) is 11.4. The minimum absolute atomic E-state index is 0.202. The van der Waals surface area contributed by atoms with Gasteiger partial charge in [0.05, 0.1) is 23.4 Å². The molecule has 0 saturated carbocycles. The number of fused-ring (bicyclic) bond motifs is 3. The molecule has 0 spiro atoms. The Labute approximate surface area is 228 Å². The molecule has 2 heterocycles. The summed E-state index contributed by atoms with van der Waals surface area (Å²) in [4.78, 5) is 17.3. The van der Waals surface area contributed by atoms with Crippen molar-refractivity contribution in [1.82, 2.24) is 0 Å². The number of carboxylic acid groups (broad SMARTS) is 1. The molecule has 3 aromatic carbocycles. The van der Waals surface area contributed by atoms with Crippen molar-refractivity contribution in [1.29, 1.82) is 0 Å². The fraction of sp³-hybridized carbons (Fsp3) is 0.355. The summed E-state index contributed by atoms with van der Waals surface area (Å²) in [5.41, 5.74) is 6.02. The highest BCUT2D eigenvalue weighted by atomic mass is 35.5. The highest BCUT2D eigenvalue weighted by Crippen LogP contribution is 2.48. The smallest absolute Gasteiger partial charge is 0.337 e. The monoisotopic (exact) mass is 532 g/mol. The first kappa shape index (κ1) is 26.1. The Hall–Kier alpha value is -3.51. The van der Waals surface area contributed by atoms with Gasteiger partial charge in [-0.2, -0.15) is 0 Å². The van der Waals surface area contributed by atoms with Crippen LogP contribution in [0.2, 0.25) is 5.02 Å². The highest BCUT2D eigenvalue weighted by molar-refractivity contribution is 6.30. The number of halogens is 1. The Kier molecular flexibility index (Phi) is 6.64. The molecule has 0 saturated heterocycles. The van der Waals surface area contributed by atoms with E-state index in [2.05, 4.69) is 39.1 Å². The summed E-state index contributed by atoms with van der Waals surface area (Å²) in [6.07, 6.45) is 1.50. The van der Waals surface area contributed by atoms with E-state index in [4.69, 9.17) is 26.1 Å². The number of carboxylic acids is 1. The van der Waals surface area contributed by atoms with Crippen molar-refractivity contribution in [3.05, 3.63) is 86.9 Å². The Bertz CT molecular complexity index is 1460. The summed E-state index contributed by atoms with van der Waals surface area (Å²) in [5, 5.41) is 13.8. The standard InChI is InChI=1S/C31H33ClN2O4/c1-6-37-25-14-20-15-30(2,3)34-27(26(20)23-16-31(4,5)38-28(23)25)19-10-11-22(29(35)36)24(13-19)33-17-18-8-7-9-21(32)12-18/h7-14,33H,6,15-17H2,1-5H3,(H,35,36). The summed E-state index contributed by atoms with van der Waals surface area (Å²) >= 11 is 6.15. The summed E-state index contributed by atoms with van der Waals surface area (Å²) in [6, 6.07) is 15.0. The normalized spacial score (nSPS) is 16.6. The Morgan fingerprint density at radius 1 is 1.13 bits per heavy atom. The van der Waals surface area contributed by atoms with E-state index in [0.717, 1.165) is 52.3 Å². The van der Waals surface area contributed by atoms with E-state index in [0.29, 0.717) is 23.9 Å². The van der Waals surface area contributed by atoms with E-state index in [1.54, 1.807) is 6.07 Å². The molecule has 2 N–H and O–H groups in total. The molecule has 2 aliphatic heterocycles. The van der Waals surface area contributed by atoms with Crippen LogP contribution >= 0.6 is 11.6 Å². The fourth-order valence-electron chi connectivity index (χ4n) is 5.41. The molecule has 2 aliphatic rings. The van der Waals surface area contributed by atoms with Gasteiger partial charge in [-0.05, 0) is 82.5 Å². The van der Waals surface area contributed by atoms with Crippen molar-refractivity contribution < 1.29 is 19.4 Å². The molecule has 5 rings (SSSR count). The second-order valence-corrected chi connectivity index (χ2v) is 11.6. The number of hydrogen-bond acceptors (Lipinski definition) is 5. The molecule has 7 heteroatoms. The Morgan fingerprint density at radius 3 is 2.63 bits per heavy atom. The number of ether oxygens (including phenoxy) is 2. The fourth-order valence-corrected chi connectivity index (χ4v) is 5.62. The lowest BCUT2D eigenvalue weighted by molar-refractivity contribution is 0.0698. The maximum Gasteiger partial charge on any atom is 0.337 e. The molecule has 6 nitrogen and oxygen atoms in total. The maximum absolute atomic E-state index is 12.1. The van der Waals surface area contributed by atoms with E-state index < -0.39 is 5.97 Å². The van der Waals surface area contributed by atoms with Crippen molar-refractivity contribution in [2.45, 2.75) is 65.1 Å². The molecule has 0 radical (unpaired) electrons. The van der Waals surface area contributed by atoms with Crippen LogP contribution in [0.5, 0.6) is 11.5 Å². The third-order valence-electron chi connectivity index (χ3n) is 6.88. The molecule has 0 unspecified atom stereocenters. The van der Waals surface area contributed by atoms with Crippen molar-refractivity contribution in [2.75, 3.05) is 11.9 Å². The average molecular weight is 533 g/mol. The number of rotatable bonds is 7. The molecular weight excluding hydrogens is 500 g/mol. The number of hydrogen-bond donors (Lipinski definition) is 2. The molecule has 0 atom stereocenters. The van der Waals surface area contributed by atoms with Crippen LogP contribution in [0.3, 0.4) is 0 Å². The lowest BCUT2D eigenvalue weighted by Crippen LogP contribution is -2.30. The van der Waals surface area contributed by atoms with Crippen molar-refractivity contribution in [3.63, 3.8) is 0 Å². The van der Waals surface area contributed by atoms with Crippen LogP contribution in [0.25, 0.3) is 0 Å². The second kappa shape index (κ2) is 9.66. The largest absolute Gasteiger partial charge is 0.490 e. The SMILES string of the molecule is CCOc1cc2c(c3c1OC(C)(C)C3)C(c1ccc(C(=O)O)c(NCc3cccc(Cl)c3)c1)=NC(C)(C)C2. The zero-order chi connectivity index (χ0) is 27.2. The summed E-state index contributed by atoms with van der Waals surface area (Å²) < 4.78 is 12.4. The van der Waals surface area contributed by atoms with Crippen LogP contribution in [-0.4, -0.2) is 34.5 Å². The zero-order valence-corrected chi connectivity index (χ0v) is 23.2. The molecule has 198 valence electrons. The van der Waals surface area contributed by atoms with Crippen LogP contribution in [0, 0.1) is 0 Å². The first-order valence-corrected chi connectivity index (χ1v) is 13.3. The van der Waals surface area contributed by atoms with E-state index in [9.17, 15) is 9.90 Å². The van der Waals surface area contributed by atoms with Gasteiger partial charge in [0.25, 0.3) is 0 Å². The second-order valence-electron chi connectivity index (χ2n) is 11.2. The first-order chi connectivity index (χ1) is 18.0. The number of carbonyl (C=O) groups is 1. The van der Waals surface area contributed by atoms with Crippen molar-refractivity contribution in [2.24, 2.45) is 4.99 Å². The number of nitrogens with zero attached hydrogens (tertiary/aromatic N) is 1. The molecule has 0 amide bonds. The lowest BCUT2D eigenvalue weighted by atomic mass is 9.80. The van der Waals surface area contributed by atoms with Gasteiger partial charge in [-0.15, -0.1) is 0 Å². The van der Waals surface area contributed by atoms with Gasteiger partial charge >= 0.3 is 5.97 Å². The topological polar surface area (TPSA) is 80.2 Å². The van der Waals surface area contributed by atoms with Gasteiger partial charge in [0.2, 0.25) is 0 Å². The van der Waals surface area contributed by atoms with Gasteiger partial charge in [0.1, 0.15) is 5.60 Å². The van der Waals surface area contributed by atoms with Crippen LogP contribution in [0.1, 0.15) is 72.8 Å². The third-order valence-corrected chi connectivity index (χ3v) is 7.11. The predicted octanol–water partition coefficient (Wildman–Crippen LogP) is 6.93. The van der Waals surface area contributed by atoms with E-state index in [-0.39, 0.29) is 16.7 Å². The van der Waals surface area contributed by atoms with Gasteiger partial charge in [-0.3, -0.25) is 4.99 Å².